The highest BCUT2D eigenvalue weighted by Crippen LogP contribution is 2.30. The van der Waals surface area contributed by atoms with Gasteiger partial charge in [0, 0.05) is 31.2 Å². The summed E-state index contributed by atoms with van der Waals surface area (Å²) in [5, 5.41) is 7.41. The quantitative estimate of drug-likeness (QED) is 0.837. The first-order valence-corrected chi connectivity index (χ1v) is 8.37. The van der Waals surface area contributed by atoms with E-state index in [4.69, 9.17) is 0 Å². The molecule has 1 aliphatic rings. The van der Waals surface area contributed by atoms with Crippen molar-refractivity contribution in [2.75, 3.05) is 7.05 Å². The Hall–Kier alpha value is -1.23. The molecule has 0 saturated heterocycles. The lowest BCUT2D eigenvalue weighted by Gasteiger charge is -2.22. The van der Waals surface area contributed by atoms with E-state index in [0.29, 0.717) is 12.6 Å². The van der Waals surface area contributed by atoms with E-state index in [1.165, 1.54) is 18.4 Å². The molecule has 1 aliphatic carbocycles. The van der Waals surface area contributed by atoms with Gasteiger partial charge >= 0.3 is 0 Å². The molecule has 1 saturated carbocycles. The molecule has 0 unspecified atom stereocenters. The molecule has 0 atom stereocenters. The van der Waals surface area contributed by atoms with Crippen LogP contribution < -0.4 is 5.32 Å². The van der Waals surface area contributed by atoms with Gasteiger partial charge in [0.05, 0.1) is 0 Å². The van der Waals surface area contributed by atoms with Crippen LogP contribution >= 0.6 is 11.3 Å². The monoisotopic (exact) mass is 304 g/mol. The van der Waals surface area contributed by atoms with Crippen molar-refractivity contribution in [2.45, 2.75) is 38.5 Å². The normalized spacial score (nSPS) is 14.8. The van der Waals surface area contributed by atoms with Gasteiger partial charge < -0.3 is 5.32 Å². The summed E-state index contributed by atoms with van der Waals surface area (Å²) >= 11 is 1.72. The minimum Gasteiger partial charge on any atom is -0.316 e. The number of thiophene rings is 1. The van der Waals surface area contributed by atoms with E-state index in [0.717, 1.165) is 24.2 Å². The predicted molar refractivity (Wildman–Crippen MR) is 85.8 cm³/mol. The van der Waals surface area contributed by atoms with Gasteiger partial charge in [0.25, 0.3) is 0 Å². The van der Waals surface area contributed by atoms with Crippen LogP contribution in [0.5, 0.6) is 0 Å². The highest BCUT2D eigenvalue weighted by molar-refractivity contribution is 7.07. The zero-order valence-electron chi connectivity index (χ0n) is 12.3. The van der Waals surface area contributed by atoms with E-state index in [2.05, 4.69) is 27.0 Å². The van der Waals surface area contributed by atoms with Gasteiger partial charge in [0.2, 0.25) is 0 Å². The highest BCUT2D eigenvalue weighted by atomic mass is 32.1. The fourth-order valence-electron chi connectivity index (χ4n) is 2.65. The highest BCUT2D eigenvalue weighted by Gasteiger charge is 2.29. The molecule has 1 aromatic heterocycles. The third-order valence-corrected chi connectivity index (χ3v) is 4.63. The SMILES string of the molecule is CNCc1ccc(F)c(CN(Cc2ccsc2)C2CC2)c1. The predicted octanol–water partition coefficient (Wildman–Crippen LogP) is 3.77. The van der Waals surface area contributed by atoms with Crippen molar-refractivity contribution in [1.29, 1.82) is 0 Å². The molecular formula is C17H21FN2S. The average Bonchev–Trinajstić information content (AvgIpc) is 3.20. The Bertz CT molecular complexity index is 578. The molecule has 0 aliphatic heterocycles. The molecule has 2 nitrogen and oxygen atoms in total. The Morgan fingerprint density at radius 1 is 1.24 bits per heavy atom. The minimum atomic E-state index is -0.0918. The van der Waals surface area contributed by atoms with Crippen molar-refractivity contribution in [3.63, 3.8) is 0 Å². The van der Waals surface area contributed by atoms with Gasteiger partial charge in [0.15, 0.2) is 0 Å². The van der Waals surface area contributed by atoms with Gasteiger partial charge in [-0.15, -0.1) is 0 Å². The number of halogens is 1. The fraction of sp³-hybridized carbons (Fsp3) is 0.412. The molecule has 1 aromatic carbocycles. The maximum atomic E-state index is 14.1. The summed E-state index contributed by atoms with van der Waals surface area (Å²) in [6.45, 7) is 2.40. The van der Waals surface area contributed by atoms with E-state index in [9.17, 15) is 4.39 Å². The molecule has 0 bridgehead atoms. The smallest absolute Gasteiger partial charge is 0.127 e. The zero-order valence-corrected chi connectivity index (χ0v) is 13.1. The van der Waals surface area contributed by atoms with E-state index in [1.807, 2.05) is 19.2 Å². The Labute approximate surface area is 129 Å². The van der Waals surface area contributed by atoms with E-state index in [-0.39, 0.29) is 5.82 Å². The van der Waals surface area contributed by atoms with Crippen LogP contribution in [0.2, 0.25) is 0 Å². The van der Waals surface area contributed by atoms with Gasteiger partial charge in [-0.25, -0.2) is 4.39 Å². The Balaban J connectivity index is 1.74. The van der Waals surface area contributed by atoms with Crippen molar-refractivity contribution in [1.82, 2.24) is 10.2 Å². The number of hydrogen-bond donors (Lipinski definition) is 1. The van der Waals surface area contributed by atoms with Crippen LogP contribution in [0.25, 0.3) is 0 Å². The molecule has 0 spiro atoms. The number of nitrogens with zero attached hydrogens (tertiary/aromatic N) is 1. The van der Waals surface area contributed by atoms with E-state index < -0.39 is 0 Å². The molecule has 0 amide bonds. The van der Waals surface area contributed by atoms with Crippen LogP contribution in [0.1, 0.15) is 29.5 Å². The molecule has 1 fully saturated rings. The van der Waals surface area contributed by atoms with Crippen LogP contribution in [0.4, 0.5) is 4.39 Å². The lowest BCUT2D eigenvalue weighted by Crippen LogP contribution is -2.25. The average molecular weight is 304 g/mol. The molecule has 0 radical (unpaired) electrons. The molecule has 112 valence electrons. The zero-order chi connectivity index (χ0) is 14.7. The van der Waals surface area contributed by atoms with E-state index >= 15 is 0 Å². The maximum absolute atomic E-state index is 14.1. The minimum absolute atomic E-state index is 0.0918. The van der Waals surface area contributed by atoms with Crippen LogP contribution in [0.15, 0.2) is 35.0 Å². The summed E-state index contributed by atoms with van der Waals surface area (Å²) < 4.78 is 14.1. The van der Waals surface area contributed by atoms with Crippen molar-refractivity contribution in [3.8, 4) is 0 Å². The third-order valence-electron chi connectivity index (χ3n) is 3.89. The standard InChI is InChI=1S/C17H21FN2S/c1-19-9-13-2-5-17(18)15(8-13)11-20(16-3-4-16)10-14-6-7-21-12-14/h2,5-8,12,16,19H,3-4,9-11H2,1H3. The van der Waals surface area contributed by atoms with Crippen molar-refractivity contribution in [2.24, 2.45) is 0 Å². The maximum Gasteiger partial charge on any atom is 0.127 e. The number of rotatable bonds is 7. The molecule has 1 heterocycles. The first-order chi connectivity index (χ1) is 10.3. The number of hydrogen-bond acceptors (Lipinski definition) is 3. The van der Waals surface area contributed by atoms with Gasteiger partial charge in [-0.3, -0.25) is 4.90 Å². The summed E-state index contributed by atoms with van der Waals surface area (Å²) in [5.41, 5.74) is 3.28. The lowest BCUT2D eigenvalue weighted by atomic mass is 10.1. The van der Waals surface area contributed by atoms with Crippen LogP contribution in [-0.4, -0.2) is 18.0 Å². The largest absolute Gasteiger partial charge is 0.316 e. The number of benzene rings is 1. The van der Waals surface area contributed by atoms with Gasteiger partial charge in [-0.05, 0) is 53.9 Å². The fourth-order valence-corrected chi connectivity index (χ4v) is 3.31. The summed E-state index contributed by atoms with van der Waals surface area (Å²) in [6.07, 6.45) is 2.48. The molecular weight excluding hydrogens is 283 g/mol. The second-order valence-electron chi connectivity index (χ2n) is 5.72. The lowest BCUT2D eigenvalue weighted by molar-refractivity contribution is 0.242. The molecule has 21 heavy (non-hydrogen) atoms. The van der Waals surface area contributed by atoms with Crippen molar-refractivity contribution in [3.05, 3.63) is 57.5 Å². The van der Waals surface area contributed by atoms with Crippen molar-refractivity contribution < 1.29 is 4.39 Å². The Kier molecular flexibility index (Phi) is 4.68. The first kappa shape index (κ1) is 14.7. The van der Waals surface area contributed by atoms with Crippen LogP contribution in [0, 0.1) is 5.82 Å². The second kappa shape index (κ2) is 6.69. The van der Waals surface area contributed by atoms with Gasteiger partial charge in [0.1, 0.15) is 5.82 Å². The third kappa shape index (κ3) is 3.90. The second-order valence-corrected chi connectivity index (χ2v) is 6.50. The molecule has 4 heteroatoms. The van der Waals surface area contributed by atoms with Gasteiger partial charge in [-0.1, -0.05) is 12.1 Å². The topological polar surface area (TPSA) is 15.3 Å². The number of nitrogens with one attached hydrogen (secondary N) is 1. The summed E-state index contributed by atoms with van der Waals surface area (Å²) in [6, 6.07) is 8.23. The van der Waals surface area contributed by atoms with Crippen LogP contribution in [-0.2, 0) is 19.6 Å². The molecule has 3 rings (SSSR count). The van der Waals surface area contributed by atoms with Gasteiger partial charge in [-0.2, -0.15) is 11.3 Å². The van der Waals surface area contributed by atoms with E-state index in [1.54, 1.807) is 17.4 Å². The summed E-state index contributed by atoms with van der Waals surface area (Å²) in [4.78, 5) is 2.41. The van der Waals surface area contributed by atoms with Crippen LogP contribution in [0.3, 0.4) is 0 Å². The Morgan fingerprint density at radius 2 is 2.10 bits per heavy atom. The molecule has 2 aromatic rings. The molecule has 1 N–H and O–H groups in total. The summed E-state index contributed by atoms with van der Waals surface area (Å²) in [7, 11) is 1.91. The summed E-state index contributed by atoms with van der Waals surface area (Å²) in [5.74, 6) is -0.0918. The van der Waals surface area contributed by atoms with Crippen molar-refractivity contribution >= 4 is 11.3 Å². The Morgan fingerprint density at radius 3 is 2.76 bits per heavy atom. The first-order valence-electron chi connectivity index (χ1n) is 7.43.